The number of pyridine rings is 1. The largest absolute Gasteiger partial charge is 0.478 e. The Hall–Kier alpha value is -3.61. The third-order valence-electron chi connectivity index (χ3n) is 6.31. The molecule has 2 N–H and O–H groups in total. The summed E-state index contributed by atoms with van der Waals surface area (Å²) in [6.45, 7) is 9.42. The molecule has 1 amide bonds. The first-order chi connectivity index (χ1) is 15.9. The first-order valence-corrected chi connectivity index (χ1v) is 11.4. The van der Waals surface area contributed by atoms with E-state index in [1.54, 1.807) is 24.3 Å². The molecule has 0 atom stereocenters. The zero-order valence-corrected chi connectivity index (χ0v) is 19.4. The van der Waals surface area contributed by atoms with Crippen LogP contribution in [0.2, 0.25) is 0 Å². The highest BCUT2D eigenvalue weighted by Crippen LogP contribution is 2.28. The third kappa shape index (κ3) is 4.77. The summed E-state index contributed by atoms with van der Waals surface area (Å²) in [5.74, 6) is -0.419. The first-order valence-electron chi connectivity index (χ1n) is 11.4. The van der Waals surface area contributed by atoms with Gasteiger partial charge < -0.3 is 20.2 Å². The van der Waals surface area contributed by atoms with Gasteiger partial charge in [0.05, 0.1) is 11.1 Å². The van der Waals surface area contributed by atoms with E-state index in [1.807, 2.05) is 6.92 Å². The summed E-state index contributed by atoms with van der Waals surface area (Å²) in [5.41, 5.74) is 5.21. The number of benzene rings is 2. The normalized spacial score (nSPS) is 13.9. The van der Waals surface area contributed by atoms with Crippen molar-refractivity contribution in [2.75, 3.05) is 41.3 Å². The average molecular weight is 447 g/mol. The number of aromatic nitrogens is 1. The maximum Gasteiger partial charge on any atom is 0.336 e. The van der Waals surface area contributed by atoms with Gasteiger partial charge in [-0.15, -0.1) is 0 Å². The Kier molecular flexibility index (Phi) is 6.49. The SMILES string of the molecule is CCCC(=O)Nc1ccc2nc(N3CCN(c4cccc(C)c4C)CC3)cc(C(=O)O)c2c1. The minimum atomic E-state index is -1.00. The number of piperazine rings is 1. The molecular weight excluding hydrogens is 416 g/mol. The second-order valence-corrected chi connectivity index (χ2v) is 8.56. The molecule has 0 saturated carbocycles. The number of aryl methyl sites for hydroxylation is 1. The Morgan fingerprint density at radius 3 is 2.45 bits per heavy atom. The van der Waals surface area contributed by atoms with Crippen LogP contribution in [0.15, 0.2) is 42.5 Å². The minimum Gasteiger partial charge on any atom is -0.478 e. The highest BCUT2D eigenvalue weighted by molar-refractivity contribution is 6.05. The smallest absolute Gasteiger partial charge is 0.336 e. The fraction of sp³-hybridized carbons (Fsp3) is 0.346. The van der Waals surface area contributed by atoms with Crippen LogP contribution in [0.5, 0.6) is 0 Å². The number of carboxylic acid groups (broad SMARTS) is 1. The standard InChI is InChI=1S/C26H30N4O3/c1-4-6-25(31)27-19-9-10-22-20(15-19)21(26(32)33)16-24(28-22)30-13-11-29(12-14-30)23-8-5-7-17(2)18(23)3/h5,7-10,15-16H,4,6,11-14H2,1-3H3,(H,27,31)(H,32,33). The van der Waals surface area contributed by atoms with Gasteiger partial charge in [-0.3, -0.25) is 4.79 Å². The Morgan fingerprint density at radius 1 is 1.03 bits per heavy atom. The van der Waals surface area contributed by atoms with Crippen LogP contribution in [-0.4, -0.2) is 48.1 Å². The molecule has 7 nitrogen and oxygen atoms in total. The monoisotopic (exact) mass is 446 g/mol. The van der Waals surface area contributed by atoms with Crippen molar-refractivity contribution in [2.45, 2.75) is 33.6 Å². The molecule has 4 rings (SSSR count). The van der Waals surface area contributed by atoms with E-state index in [0.717, 1.165) is 32.6 Å². The number of carboxylic acids is 1. The van der Waals surface area contributed by atoms with E-state index in [4.69, 9.17) is 4.98 Å². The van der Waals surface area contributed by atoms with Gasteiger partial charge in [-0.05, 0) is 61.7 Å². The van der Waals surface area contributed by atoms with E-state index >= 15 is 0 Å². The molecule has 1 aliphatic heterocycles. The molecule has 0 aliphatic carbocycles. The van der Waals surface area contributed by atoms with E-state index in [2.05, 4.69) is 47.2 Å². The average Bonchev–Trinajstić information content (AvgIpc) is 2.80. The van der Waals surface area contributed by atoms with E-state index < -0.39 is 5.97 Å². The lowest BCUT2D eigenvalue weighted by molar-refractivity contribution is -0.116. The second-order valence-electron chi connectivity index (χ2n) is 8.56. The predicted molar refractivity (Wildman–Crippen MR) is 133 cm³/mol. The number of rotatable bonds is 6. The number of nitrogens with one attached hydrogen (secondary N) is 1. The quantitative estimate of drug-likeness (QED) is 0.575. The summed E-state index contributed by atoms with van der Waals surface area (Å²) < 4.78 is 0. The van der Waals surface area contributed by atoms with Gasteiger partial charge in [0.25, 0.3) is 0 Å². The maximum absolute atomic E-state index is 12.1. The molecule has 0 spiro atoms. The van der Waals surface area contributed by atoms with Gasteiger partial charge in [0.15, 0.2) is 0 Å². The fourth-order valence-corrected chi connectivity index (χ4v) is 4.33. The molecular formula is C26H30N4O3. The predicted octanol–water partition coefficient (Wildman–Crippen LogP) is 4.62. The number of anilines is 3. The Balaban J connectivity index is 1.58. The van der Waals surface area contributed by atoms with Crippen LogP contribution in [0.3, 0.4) is 0 Å². The van der Waals surface area contributed by atoms with Crippen LogP contribution in [-0.2, 0) is 4.79 Å². The van der Waals surface area contributed by atoms with Gasteiger partial charge in [-0.2, -0.15) is 0 Å². The summed E-state index contributed by atoms with van der Waals surface area (Å²) in [4.78, 5) is 33.3. The van der Waals surface area contributed by atoms with Crippen LogP contribution >= 0.6 is 0 Å². The topological polar surface area (TPSA) is 85.8 Å². The number of nitrogens with zero attached hydrogens (tertiary/aromatic N) is 3. The van der Waals surface area contributed by atoms with Crippen LogP contribution in [0.4, 0.5) is 17.2 Å². The minimum absolute atomic E-state index is 0.0833. The molecule has 172 valence electrons. The van der Waals surface area contributed by atoms with Crippen molar-refractivity contribution in [3.63, 3.8) is 0 Å². The van der Waals surface area contributed by atoms with Crippen LogP contribution in [0.1, 0.15) is 41.3 Å². The molecule has 0 bridgehead atoms. The fourth-order valence-electron chi connectivity index (χ4n) is 4.33. The zero-order valence-electron chi connectivity index (χ0n) is 19.4. The summed E-state index contributed by atoms with van der Waals surface area (Å²) in [5, 5.41) is 13.2. The molecule has 2 aromatic carbocycles. The number of carbonyl (C=O) groups is 2. The van der Waals surface area contributed by atoms with Gasteiger partial charge in [-0.25, -0.2) is 9.78 Å². The molecule has 1 saturated heterocycles. The van der Waals surface area contributed by atoms with Crippen molar-refractivity contribution in [1.82, 2.24) is 4.98 Å². The van der Waals surface area contributed by atoms with Crippen molar-refractivity contribution < 1.29 is 14.7 Å². The van der Waals surface area contributed by atoms with E-state index in [9.17, 15) is 14.7 Å². The van der Waals surface area contributed by atoms with Crippen molar-refractivity contribution in [1.29, 1.82) is 0 Å². The van der Waals surface area contributed by atoms with E-state index in [-0.39, 0.29) is 11.5 Å². The number of amides is 1. The first kappa shape index (κ1) is 22.6. The Labute approximate surface area is 194 Å². The summed E-state index contributed by atoms with van der Waals surface area (Å²) in [6.07, 6.45) is 1.18. The highest BCUT2D eigenvalue weighted by Gasteiger charge is 2.22. The summed E-state index contributed by atoms with van der Waals surface area (Å²) in [6, 6.07) is 13.3. The molecule has 1 aromatic heterocycles. The third-order valence-corrected chi connectivity index (χ3v) is 6.31. The molecule has 0 radical (unpaired) electrons. The number of hydrogen-bond acceptors (Lipinski definition) is 5. The van der Waals surface area contributed by atoms with Gasteiger partial charge in [0, 0.05) is 49.4 Å². The number of carbonyl (C=O) groups excluding carboxylic acids is 1. The number of aromatic carboxylic acids is 1. The number of hydrogen-bond donors (Lipinski definition) is 2. The van der Waals surface area contributed by atoms with Crippen LogP contribution < -0.4 is 15.1 Å². The zero-order chi connectivity index (χ0) is 23.5. The lowest BCUT2D eigenvalue weighted by Gasteiger charge is -2.37. The van der Waals surface area contributed by atoms with Gasteiger partial charge in [0.1, 0.15) is 5.82 Å². The van der Waals surface area contributed by atoms with Crippen molar-refractivity contribution in [2.24, 2.45) is 0 Å². The van der Waals surface area contributed by atoms with Gasteiger partial charge in [0.2, 0.25) is 5.91 Å². The number of fused-ring (bicyclic) bond motifs is 1. The maximum atomic E-state index is 12.1. The molecule has 2 heterocycles. The Bertz CT molecular complexity index is 1200. The summed E-state index contributed by atoms with van der Waals surface area (Å²) >= 11 is 0. The molecule has 3 aromatic rings. The van der Waals surface area contributed by atoms with Crippen molar-refractivity contribution in [3.8, 4) is 0 Å². The molecule has 1 fully saturated rings. The van der Waals surface area contributed by atoms with E-state index in [1.165, 1.54) is 16.8 Å². The van der Waals surface area contributed by atoms with Crippen LogP contribution in [0, 0.1) is 13.8 Å². The molecule has 33 heavy (non-hydrogen) atoms. The van der Waals surface area contributed by atoms with E-state index in [0.29, 0.717) is 28.8 Å². The summed E-state index contributed by atoms with van der Waals surface area (Å²) in [7, 11) is 0. The molecule has 7 heteroatoms. The highest BCUT2D eigenvalue weighted by atomic mass is 16.4. The van der Waals surface area contributed by atoms with Gasteiger partial charge in [-0.1, -0.05) is 19.1 Å². The lowest BCUT2D eigenvalue weighted by Crippen LogP contribution is -2.47. The second kappa shape index (κ2) is 9.48. The van der Waals surface area contributed by atoms with Gasteiger partial charge >= 0.3 is 5.97 Å². The Morgan fingerprint density at radius 2 is 1.76 bits per heavy atom. The lowest BCUT2D eigenvalue weighted by atomic mass is 10.1. The molecule has 0 unspecified atom stereocenters. The van der Waals surface area contributed by atoms with Crippen molar-refractivity contribution >= 4 is 40.0 Å². The van der Waals surface area contributed by atoms with Crippen LogP contribution in [0.25, 0.3) is 10.9 Å². The molecule has 1 aliphatic rings. The van der Waals surface area contributed by atoms with Crippen molar-refractivity contribution in [3.05, 3.63) is 59.2 Å².